The maximum atomic E-state index is 9.44. The Morgan fingerprint density at radius 2 is 1.35 bits per heavy atom. The van der Waals surface area contributed by atoms with Crippen LogP contribution < -0.4 is 0 Å². The molecule has 0 radical (unpaired) electrons. The Balaban J connectivity index is -0.000000113. The number of hydrogen-bond acceptors (Lipinski definition) is 1. The van der Waals surface area contributed by atoms with Crippen LogP contribution in [0.4, 0.5) is 0 Å². The second-order valence-corrected chi connectivity index (χ2v) is 5.17. The van der Waals surface area contributed by atoms with Crippen LogP contribution in [0.2, 0.25) is 0 Å². The van der Waals surface area contributed by atoms with Crippen molar-refractivity contribution in [3.63, 3.8) is 0 Å². The van der Waals surface area contributed by atoms with Crippen LogP contribution in [0.25, 0.3) is 0 Å². The molecule has 0 spiro atoms. The van der Waals surface area contributed by atoms with Gasteiger partial charge in [-0.1, -0.05) is 98.1 Å². The number of aryl methyl sites for hydroxylation is 2. The van der Waals surface area contributed by atoms with Gasteiger partial charge in [-0.3, -0.25) is 0 Å². The van der Waals surface area contributed by atoms with Crippen LogP contribution in [-0.2, 0) is 11.2 Å². The van der Waals surface area contributed by atoms with Gasteiger partial charge in [0.2, 0.25) is 0 Å². The molecule has 0 aromatic heterocycles. The molecule has 1 nitrogen and oxygen atoms in total. The van der Waals surface area contributed by atoms with Crippen molar-refractivity contribution in [3.8, 4) is 0 Å². The maximum Gasteiger partial charge on any atom is 0.126 e. The van der Waals surface area contributed by atoms with E-state index in [9.17, 15) is 4.79 Å². The van der Waals surface area contributed by atoms with E-state index in [2.05, 4.69) is 58.9 Å². The lowest BCUT2D eigenvalue weighted by atomic mass is 10.1. The van der Waals surface area contributed by atoms with E-state index in [4.69, 9.17) is 0 Å². The van der Waals surface area contributed by atoms with Crippen LogP contribution >= 0.6 is 0 Å². The summed E-state index contributed by atoms with van der Waals surface area (Å²) in [5.74, 6) is 1.10. The van der Waals surface area contributed by atoms with Crippen molar-refractivity contribution < 1.29 is 4.79 Å². The largest absolute Gasteiger partial charge is 0.300 e. The Morgan fingerprint density at radius 1 is 0.957 bits per heavy atom. The normalized spacial score (nSPS) is 8.00. The molecule has 138 valence electrons. The van der Waals surface area contributed by atoms with Crippen LogP contribution in [0.3, 0.4) is 0 Å². The number of Topliss-reactive ketones (excluding diaryl/α,β-unsaturated/α-hetero) is 1. The molecular weight excluding hydrogens is 280 g/mol. The minimum absolute atomic E-state index is 0.167. The van der Waals surface area contributed by atoms with Crippen molar-refractivity contribution in [2.75, 3.05) is 0 Å². The van der Waals surface area contributed by atoms with Crippen molar-refractivity contribution in [1.29, 1.82) is 0 Å². The van der Waals surface area contributed by atoms with Gasteiger partial charge in [0, 0.05) is 0 Å². The van der Waals surface area contributed by atoms with Gasteiger partial charge in [0.1, 0.15) is 5.78 Å². The summed E-state index contributed by atoms with van der Waals surface area (Å²) in [6.07, 6.45) is 3.80. The van der Waals surface area contributed by atoms with E-state index in [1.54, 1.807) is 0 Å². The minimum atomic E-state index is 0.167. The fourth-order valence-electron chi connectivity index (χ4n) is 1.22. The van der Waals surface area contributed by atoms with E-state index in [0.717, 1.165) is 12.3 Å². The second-order valence-electron chi connectivity index (χ2n) is 5.17. The molecule has 0 unspecified atom stereocenters. The molecule has 0 aliphatic carbocycles. The van der Waals surface area contributed by atoms with Crippen LogP contribution in [-0.4, -0.2) is 5.78 Å². The van der Waals surface area contributed by atoms with E-state index in [1.165, 1.54) is 37.8 Å². The molecule has 0 saturated carbocycles. The van der Waals surface area contributed by atoms with Gasteiger partial charge in [0.15, 0.2) is 0 Å². The lowest BCUT2D eigenvalue weighted by Crippen LogP contribution is -1.85. The summed E-state index contributed by atoms with van der Waals surface area (Å²) in [5, 5.41) is 0. The van der Waals surface area contributed by atoms with Gasteiger partial charge >= 0.3 is 0 Å². The van der Waals surface area contributed by atoms with Gasteiger partial charge in [0.25, 0.3) is 0 Å². The number of carbonyl (C=O) groups excluding carboxylic acids is 1. The summed E-state index contributed by atoms with van der Waals surface area (Å²) < 4.78 is 0. The first-order chi connectivity index (χ1) is 10.9. The third-order valence-corrected chi connectivity index (χ3v) is 2.88. The SMILES string of the molecule is CC.CC.CC(C)=O.CCC(C)CC.CCc1cccc(C)c1. The van der Waals surface area contributed by atoms with Gasteiger partial charge in [-0.2, -0.15) is 0 Å². The zero-order chi connectivity index (χ0) is 19.3. The van der Waals surface area contributed by atoms with E-state index >= 15 is 0 Å². The molecule has 0 atom stereocenters. The van der Waals surface area contributed by atoms with Crippen molar-refractivity contribution in [3.05, 3.63) is 35.4 Å². The third-order valence-electron chi connectivity index (χ3n) is 2.88. The van der Waals surface area contributed by atoms with E-state index < -0.39 is 0 Å². The molecular formula is C22H44O. The number of ketones is 1. The number of carbonyl (C=O) groups is 1. The number of hydrogen-bond donors (Lipinski definition) is 0. The Morgan fingerprint density at radius 3 is 1.52 bits per heavy atom. The van der Waals surface area contributed by atoms with Gasteiger partial charge in [0.05, 0.1) is 0 Å². The number of benzene rings is 1. The highest BCUT2D eigenvalue weighted by molar-refractivity contribution is 5.72. The van der Waals surface area contributed by atoms with E-state index in [0.29, 0.717) is 0 Å². The Bertz CT molecular complexity index is 320. The molecule has 0 aliphatic heterocycles. The first-order valence-electron chi connectivity index (χ1n) is 9.39. The lowest BCUT2D eigenvalue weighted by molar-refractivity contribution is -0.114. The van der Waals surface area contributed by atoms with Crippen molar-refractivity contribution in [1.82, 2.24) is 0 Å². The topological polar surface area (TPSA) is 17.1 Å². The lowest BCUT2D eigenvalue weighted by Gasteiger charge is -1.98. The Labute approximate surface area is 147 Å². The minimum Gasteiger partial charge on any atom is -0.300 e. The van der Waals surface area contributed by atoms with Gasteiger partial charge < -0.3 is 4.79 Å². The van der Waals surface area contributed by atoms with Crippen LogP contribution in [0.5, 0.6) is 0 Å². The van der Waals surface area contributed by atoms with E-state index in [1.807, 2.05) is 27.7 Å². The summed E-state index contributed by atoms with van der Waals surface area (Å²) in [4.78, 5) is 9.44. The second kappa shape index (κ2) is 25.8. The standard InChI is InChI=1S/C9H12.C6H14.C3H6O.2C2H6/c1-3-9-6-4-5-8(2)7-9;1-4-6(3)5-2;1-3(2)4;2*1-2/h4-7H,3H2,1-2H3;6H,4-5H2,1-3H3;1-2H3;2*1-2H3. The molecule has 0 fully saturated rings. The Hall–Kier alpha value is -1.11. The molecule has 1 heteroatoms. The molecule has 0 heterocycles. The highest BCUT2D eigenvalue weighted by Gasteiger charge is 1.88. The monoisotopic (exact) mass is 324 g/mol. The first kappa shape index (κ1) is 29.8. The fraction of sp³-hybridized carbons (Fsp3) is 0.682. The molecule has 23 heavy (non-hydrogen) atoms. The Kier molecular flexibility index (Phi) is 33.5. The molecule has 0 amide bonds. The molecule has 1 aromatic rings. The van der Waals surface area contributed by atoms with E-state index in [-0.39, 0.29) is 5.78 Å². The van der Waals surface area contributed by atoms with Crippen LogP contribution in [0, 0.1) is 12.8 Å². The zero-order valence-corrected chi connectivity index (χ0v) is 17.9. The van der Waals surface area contributed by atoms with Crippen molar-refractivity contribution >= 4 is 5.78 Å². The highest BCUT2D eigenvalue weighted by Crippen LogP contribution is 2.03. The van der Waals surface area contributed by atoms with Crippen molar-refractivity contribution in [2.24, 2.45) is 5.92 Å². The van der Waals surface area contributed by atoms with Gasteiger partial charge in [-0.15, -0.1) is 0 Å². The smallest absolute Gasteiger partial charge is 0.126 e. The molecule has 0 saturated heterocycles. The van der Waals surface area contributed by atoms with Crippen molar-refractivity contribution in [2.45, 2.75) is 95.4 Å². The average Bonchev–Trinajstić information content (AvgIpc) is 2.57. The first-order valence-corrected chi connectivity index (χ1v) is 9.39. The zero-order valence-electron chi connectivity index (χ0n) is 17.9. The third kappa shape index (κ3) is 33.6. The predicted octanol–water partition coefficient (Wildman–Crippen LogP) is 7.65. The molecule has 1 aromatic carbocycles. The molecule has 0 aliphatic rings. The summed E-state index contributed by atoms with van der Waals surface area (Å²) in [7, 11) is 0. The summed E-state index contributed by atoms with van der Waals surface area (Å²) in [6, 6.07) is 8.61. The molecule has 1 rings (SSSR count). The van der Waals surface area contributed by atoms with Gasteiger partial charge in [-0.25, -0.2) is 0 Å². The highest BCUT2D eigenvalue weighted by atomic mass is 16.1. The predicted molar refractivity (Wildman–Crippen MR) is 109 cm³/mol. The fourth-order valence-corrected chi connectivity index (χ4v) is 1.22. The number of rotatable bonds is 3. The van der Waals surface area contributed by atoms with Crippen LogP contribution in [0.1, 0.15) is 93.2 Å². The van der Waals surface area contributed by atoms with Crippen LogP contribution in [0.15, 0.2) is 24.3 Å². The quantitative estimate of drug-likeness (QED) is 0.558. The average molecular weight is 325 g/mol. The molecule has 0 N–H and O–H groups in total. The summed E-state index contributed by atoms with van der Waals surface area (Å²) in [6.45, 7) is 22.1. The van der Waals surface area contributed by atoms with Gasteiger partial charge in [-0.05, 0) is 38.7 Å². The summed E-state index contributed by atoms with van der Waals surface area (Å²) in [5.41, 5.74) is 2.78. The maximum absolute atomic E-state index is 9.44. The molecule has 0 bridgehead atoms. The summed E-state index contributed by atoms with van der Waals surface area (Å²) >= 11 is 0.